The summed E-state index contributed by atoms with van der Waals surface area (Å²) >= 11 is 0. The number of ether oxygens (including phenoxy) is 1. The van der Waals surface area contributed by atoms with Gasteiger partial charge in [0, 0.05) is 34.7 Å². The van der Waals surface area contributed by atoms with Crippen LogP contribution in [-0.2, 0) is 18.3 Å². The highest BCUT2D eigenvalue weighted by atomic mass is 16.5. The van der Waals surface area contributed by atoms with Crippen molar-refractivity contribution in [3.63, 3.8) is 0 Å². The zero-order valence-electron chi connectivity index (χ0n) is 29.9. The third kappa shape index (κ3) is 5.99. The summed E-state index contributed by atoms with van der Waals surface area (Å²) in [6.07, 6.45) is 3.64. The van der Waals surface area contributed by atoms with Crippen LogP contribution in [-0.4, -0.2) is 19.3 Å². The summed E-state index contributed by atoms with van der Waals surface area (Å²) in [5.41, 5.74) is 11.5. The molecule has 5 aromatic carbocycles. The number of pyridine rings is 1. The van der Waals surface area contributed by atoms with Gasteiger partial charge in [-0.15, -0.1) is 0 Å². The number of hydrogen-bond donors (Lipinski definition) is 0. The van der Waals surface area contributed by atoms with Crippen LogP contribution in [0.3, 0.4) is 0 Å². The van der Waals surface area contributed by atoms with Crippen molar-refractivity contribution in [3.8, 4) is 45.3 Å². The van der Waals surface area contributed by atoms with E-state index < -0.39 is 0 Å². The maximum atomic E-state index is 6.65. The SMILES string of the molecule is CCc1nn(-c2cccc(Oc3ccc4c5cc(-c6ccccc6)ccc5n(-c5cc(C(C)(C)C)ccn5)c4c3)c2)c(CC)c1-c1ccccc1. The molecule has 3 aromatic heterocycles. The van der Waals surface area contributed by atoms with Crippen molar-refractivity contribution in [3.05, 3.63) is 157 Å². The number of nitrogens with zero attached hydrogens (tertiary/aromatic N) is 4. The standard InChI is InChI=1S/C46H42N4O/c1-6-40-45(32-17-12-9-13-18-32)41(7-2)50(48-40)35-19-14-20-36(29-35)51-37-22-23-38-39-27-33(31-15-10-8-11-16-31)21-24-42(39)49(43(38)30-37)44-28-34(25-26-47-44)46(3,4)5/h8-30H,6-7H2,1-5H3. The van der Waals surface area contributed by atoms with Gasteiger partial charge in [0.25, 0.3) is 0 Å². The molecule has 0 saturated heterocycles. The lowest BCUT2D eigenvalue weighted by Crippen LogP contribution is -2.12. The molecule has 0 aliphatic rings. The predicted octanol–water partition coefficient (Wildman–Crippen LogP) is 11.9. The number of fused-ring (bicyclic) bond motifs is 3. The molecule has 0 atom stereocenters. The van der Waals surface area contributed by atoms with Gasteiger partial charge < -0.3 is 4.74 Å². The summed E-state index contributed by atoms with van der Waals surface area (Å²) in [6.45, 7) is 11.1. The Balaban J connectivity index is 1.23. The lowest BCUT2D eigenvalue weighted by atomic mass is 9.88. The molecule has 5 heteroatoms. The summed E-state index contributed by atoms with van der Waals surface area (Å²) in [6, 6.07) is 46.8. The van der Waals surface area contributed by atoms with Gasteiger partial charge in [-0.05, 0) is 89.0 Å². The highest BCUT2D eigenvalue weighted by molar-refractivity contribution is 6.10. The largest absolute Gasteiger partial charge is 0.457 e. The second kappa shape index (κ2) is 13.1. The third-order valence-corrected chi connectivity index (χ3v) is 9.77. The molecule has 0 unspecified atom stereocenters. The molecule has 51 heavy (non-hydrogen) atoms. The molecule has 0 saturated carbocycles. The molecule has 0 N–H and O–H groups in total. The molecule has 8 aromatic rings. The van der Waals surface area contributed by atoms with E-state index in [1.165, 1.54) is 38.9 Å². The van der Waals surface area contributed by atoms with Crippen molar-refractivity contribution in [2.75, 3.05) is 0 Å². The average Bonchev–Trinajstić information content (AvgIpc) is 3.70. The topological polar surface area (TPSA) is 44.9 Å². The van der Waals surface area contributed by atoms with Gasteiger partial charge in [-0.2, -0.15) is 5.10 Å². The Morgan fingerprint density at radius 3 is 2.08 bits per heavy atom. The second-order valence-corrected chi connectivity index (χ2v) is 14.1. The van der Waals surface area contributed by atoms with Gasteiger partial charge in [0.15, 0.2) is 0 Å². The molecular weight excluding hydrogens is 625 g/mol. The molecule has 0 aliphatic carbocycles. The van der Waals surface area contributed by atoms with Gasteiger partial charge in [0.2, 0.25) is 0 Å². The Morgan fingerprint density at radius 1 is 0.608 bits per heavy atom. The number of aromatic nitrogens is 4. The van der Waals surface area contributed by atoms with E-state index in [-0.39, 0.29) is 5.41 Å². The van der Waals surface area contributed by atoms with Crippen LogP contribution in [0, 0.1) is 0 Å². The van der Waals surface area contributed by atoms with E-state index in [0.717, 1.165) is 58.0 Å². The van der Waals surface area contributed by atoms with Crippen LogP contribution in [0.2, 0.25) is 0 Å². The smallest absolute Gasteiger partial charge is 0.137 e. The van der Waals surface area contributed by atoms with Crippen molar-refractivity contribution < 1.29 is 4.74 Å². The Hall–Kier alpha value is -5.94. The van der Waals surface area contributed by atoms with E-state index in [1.807, 2.05) is 18.3 Å². The van der Waals surface area contributed by atoms with Crippen LogP contribution in [0.5, 0.6) is 11.5 Å². The summed E-state index contributed by atoms with van der Waals surface area (Å²) in [5.74, 6) is 2.40. The van der Waals surface area contributed by atoms with Crippen LogP contribution in [0.25, 0.3) is 55.6 Å². The first-order valence-electron chi connectivity index (χ1n) is 17.9. The molecule has 0 bridgehead atoms. The highest BCUT2D eigenvalue weighted by Crippen LogP contribution is 2.38. The van der Waals surface area contributed by atoms with Crippen molar-refractivity contribution in [1.82, 2.24) is 19.3 Å². The van der Waals surface area contributed by atoms with Gasteiger partial charge in [0.05, 0.1) is 28.1 Å². The molecule has 3 heterocycles. The van der Waals surface area contributed by atoms with E-state index in [9.17, 15) is 0 Å². The molecule has 8 rings (SSSR count). The van der Waals surface area contributed by atoms with Crippen molar-refractivity contribution in [2.45, 2.75) is 52.9 Å². The van der Waals surface area contributed by atoms with E-state index >= 15 is 0 Å². The van der Waals surface area contributed by atoms with Crippen molar-refractivity contribution in [2.24, 2.45) is 0 Å². The number of hydrogen-bond acceptors (Lipinski definition) is 3. The van der Waals surface area contributed by atoms with E-state index in [4.69, 9.17) is 14.8 Å². The van der Waals surface area contributed by atoms with Crippen LogP contribution < -0.4 is 4.74 Å². The van der Waals surface area contributed by atoms with Gasteiger partial charge >= 0.3 is 0 Å². The minimum Gasteiger partial charge on any atom is -0.457 e. The molecule has 5 nitrogen and oxygen atoms in total. The Labute approximate surface area is 299 Å². The summed E-state index contributed by atoms with van der Waals surface area (Å²) in [5, 5.41) is 7.43. The lowest BCUT2D eigenvalue weighted by molar-refractivity contribution is 0.482. The molecule has 252 valence electrons. The molecule has 0 fully saturated rings. The minimum atomic E-state index is -0.0117. The quantitative estimate of drug-likeness (QED) is 0.162. The van der Waals surface area contributed by atoms with Gasteiger partial charge in [-0.25, -0.2) is 9.67 Å². The zero-order valence-corrected chi connectivity index (χ0v) is 29.9. The van der Waals surface area contributed by atoms with Crippen LogP contribution in [0.15, 0.2) is 140 Å². The fourth-order valence-corrected chi connectivity index (χ4v) is 7.17. The number of benzene rings is 5. The lowest BCUT2D eigenvalue weighted by Gasteiger charge is -2.20. The number of aryl methyl sites for hydroxylation is 1. The normalized spacial score (nSPS) is 11.8. The Kier molecular flexibility index (Phi) is 8.27. The van der Waals surface area contributed by atoms with Gasteiger partial charge in [0.1, 0.15) is 17.3 Å². The highest BCUT2D eigenvalue weighted by Gasteiger charge is 2.20. The second-order valence-electron chi connectivity index (χ2n) is 14.1. The first-order chi connectivity index (χ1) is 24.8. The maximum absolute atomic E-state index is 6.65. The molecule has 0 amide bonds. The Bertz CT molecular complexity index is 2500. The van der Waals surface area contributed by atoms with Crippen LogP contribution in [0.1, 0.15) is 51.6 Å². The average molecular weight is 667 g/mol. The fourth-order valence-electron chi connectivity index (χ4n) is 7.17. The van der Waals surface area contributed by atoms with Crippen LogP contribution in [0.4, 0.5) is 0 Å². The van der Waals surface area contributed by atoms with Crippen molar-refractivity contribution >= 4 is 21.8 Å². The minimum absolute atomic E-state index is 0.0117. The molecular formula is C46H42N4O. The number of rotatable bonds is 8. The van der Waals surface area contributed by atoms with Gasteiger partial charge in [-0.3, -0.25) is 4.57 Å². The fraction of sp³-hybridized carbons (Fsp3) is 0.174. The van der Waals surface area contributed by atoms with E-state index in [2.05, 4.69) is 165 Å². The Morgan fingerprint density at radius 2 is 1.35 bits per heavy atom. The molecule has 0 aliphatic heterocycles. The van der Waals surface area contributed by atoms with E-state index in [1.54, 1.807) is 0 Å². The van der Waals surface area contributed by atoms with E-state index in [0.29, 0.717) is 0 Å². The first kappa shape index (κ1) is 32.3. The predicted molar refractivity (Wildman–Crippen MR) is 211 cm³/mol. The molecule has 0 radical (unpaired) electrons. The van der Waals surface area contributed by atoms with Gasteiger partial charge in [-0.1, -0.05) is 107 Å². The summed E-state index contributed by atoms with van der Waals surface area (Å²) in [4.78, 5) is 4.90. The maximum Gasteiger partial charge on any atom is 0.137 e. The zero-order chi connectivity index (χ0) is 35.1. The first-order valence-corrected chi connectivity index (χ1v) is 17.9. The monoisotopic (exact) mass is 666 g/mol. The summed E-state index contributed by atoms with van der Waals surface area (Å²) < 4.78 is 11.0. The van der Waals surface area contributed by atoms with Crippen LogP contribution >= 0.6 is 0 Å². The van der Waals surface area contributed by atoms with Crippen molar-refractivity contribution in [1.29, 1.82) is 0 Å². The molecule has 0 spiro atoms. The summed E-state index contributed by atoms with van der Waals surface area (Å²) in [7, 11) is 0. The third-order valence-electron chi connectivity index (χ3n) is 9.77.